The lowest BCUT2D eigenvalue weighted by molar-refractivity contribution is 0.475. The van der Waals surface area contributed by atoms with E-state index in [1.54, 1.807) is 18.2 Å². The second-order valence-electron chi connectivity index (χ2n) is 2.72. The van der Waals surface area contributed by atoms with Gasteiger partial charge in [-0.15, -0.1) is 0 Å². The monoisotopic (exact) mass is 189 g/mol. The zero-order valence-corrected chi connectivity index (χ0v) is 7.14. The van der Waals surface area contributed by atoms with Crippen LogP contribution < -0.4 is 5.69 Å². The van der Waals surface area contributed by atoms with Crippen LogP contribution >= 0.6 is 0 Å². The van der Waals surface area contributed by atoms with E-state index in [-0.39, 0.29) is 5.75 Å². The van der Waals surface area contributed by atoms with Crippen LogP contribution in [0.4, 0.5) is 0 Å². The average Bonchev–Trinajstić information content (AvgIpc) is 2.18. The number of phenols is 1. The molecule has 70 valence electrons. The number of phenolic OH excluding ortho intramolecular Hbond substituents is 1. The highest BCUT2D eigenvalue weighted by molar-refractivity contribution is 5.59. The summed E-state index contributed by atoms with van der Waals surface area (Å²) in [6.45, 7) is 0. The van der Waals surface area contributed by atoms with Crippen LogP contribution in [0.2, 0.25) is 0 Å². The van der Waals surface area contributed by atoms with Gasteiger partial charge in [0.05, 0.1) is 11.9 Å². The van der Waals surface area contributed by atoms with Crippen molar-refractivity contribution in [2.75, 3.05) is 0 Å². The summed E-state index contributed by atoms with van der Waals surface area (Å²) in [6.07, 6.45) is 1.43. The summed E-state index contributed by atoms with van der Waals surface area (Å²) in [5.74, 6) is 0.129. The molecule has 14 heavy (non-hydrogen) atoms. The van der Waals surface area contributed by atoms with Crippen LogP contribution in [0.15, 0.2) is 35.3 Å². The van der Waals surface area contributed by atoms with Crippen molar-refractivity contribution in [3.05, 3.63) is 40.9 Å². The van der Waals surface area contributed by atoms with Crippen LogP contribution in [0.3, 0.4) is 0 Å². The van der Waals surface area contributed by atoms with E-state index in [0.717, 1.165) is 0 Å². The Morgan fingerprint density at radius 2 is 2.21 bits per heavy atom. The second kappa shape index (κ2) is 3.29. The molecule has 0 spiro atoms. The topological polar surface area (TPSA) is 78.9 Å². The third-order valence-electron chi connectivity index (χ3n) is 1.71. The number of hydrogen-bond donors (Lipinski definition) is 2. The summed E-state index contributed by atoms with van der Waals surface area (Å²) in [4.78, 5) is 14.6. The van der Waals surface area contributed by atoms with E-state index >= 15 is 0 Å². The van der Waals surface area contributed by atoms with Crippen LogP contribution in [0.1, 0.15) is 0 Å². The molecule has 2 rings (SSSR count). The van der Waals surface area contributed by atoms with Crippen molar-refractivity contribution >= 4 is 0 Å². The molecular weight excluding hydrogens is 182 g/mol. The van der Waals surface area contributed by atoms with Gasteiger partial charge in [-0.1, -0.05) is 12.1 Å². The molecule has 0 unspecified atom stereocenters. The van der Waals surface area contributed by atoms with Gasteiger partial charge in [-0.3, -0.25) is 0 Å². The largest absolute Gasteiger partial charge is 0.508 e. The van der Waals surface area contributed by atoms with E-state index < -0.39 is 5.69 Å². The lowest BCUT2D eigenvalue weighted by atomic mass is 10.1. The number of aromatic nitrogens is 3. The van der Waals surface area contributed by atoms with Crippen molar-refractivity contribution in [1.82, 2.24) is 15.2 Å². The number of nitrogens with one attached hydrogen (secondary N) is 1. The van der Waals surface area contributed by atoms with Crippen LogP contribution in [-0.4, -0.2) is 20.3 Å². The Morgan fingerprint density at radius 3 is 2.93 bits per heavy atom. The van der Waals surface area contributed by atoms with E-state index in [0.29, 0.717) is 11.3 Å². The zero-order chi connectivity index (χ0) is 9.97. The van der Waals surface area contributed by atoms with Crippen LogP contribution in [0, 0.1) is 0 Å². The third kappa shape index (κ3) is 1.61. The van der Waals surface area contributed by atoms with E-state index in [1.807, 2.05) is 0 Å². The summed E-state index contributed by atoms with van der Waals surface area (Å²) in [5, 5.41) is 15.0. The number of benzene rings is 1. The van der Waals surface area contributed by atoms with Crippen molar-refractivity contribution in [3.8, 4) is 17.0 Å². The van der Waals surface area contributed by atoms with Crippen molar-refractivity contribution in [2.24, 2.45) is 0 Å². The third-order valence-corrected chi connectivity index (χ3v) is 1.71. The van der Waals surface area contributed by atoms with E-state index in [2.05, 4.69) is 15.2 Å². The molecule has 0 atom stereocenters. The van der Waals surface area contributed by atoms with Crippen LogP contribution in [-0.2, 0) is 0 Å². The molecule has 1 aromatic carbocycles. The first-order valence-corrected chi connectivity index (χ1v) is 3.97. The lowest BCUT2D eigenvalue weighted by Gasteiger charge is -1.98. The molecule has 0 aliphatic heterocycles. The maximum absolute atomic E-state index is 10.9. The Hall–Kier alpha value is -2.17. The Bertz CT molecular complexity index is 507. The fourth-order valence-corrected chi connectivity index (χ4v) is 1.12. The minimum atomic E-state index is -0.508. The molecular formula is C9H7N3O2. The van der Waals surface area contributed by atoms with Gasteiger partial charge in [-0.25, -0.2) is 9.89 Å². The maximum Gasteiger partial charge on any atom is 0.361 e. The van der Waals surface area contributed by atoms with E-state index in [4.69, 9.17) is 0 Å². The van der Waals surface area contributed by atoms with E-state index in [9.17, 15) is 9.90 Å². The number of hydrogen-bond acceptors (Lipinski definition) is 4. The highest BCUT2D eigenvalue weighted by Crippen LogP contribution is 2.19. The smallest absolute Gasteiger partial charge is 0.361 e. The maximum atomic E-state index is 10.9. The first-order chi connectivity index (χ1) is 6.75. The average molecular weight is 189 g/mol. The summed E-state index contributed by atoms with van der Waals surface area (Å²) < 4.78 is 0. The first-order valence-electron chi connectivity index (χ1n) is 3.97. The Morgan fingerprint density at radius 1 is 1.36 bits per heavy atom. The second-order valence-corrected chi connectivity index (χ2v) is 2.72. The van der Waals surface area contributed by atoms with Crippen molar-refractivity contribution < 1.29 is 5.11 Å². The molecule has 0 saturated carbocycles. The number of rotatable bonds is 1. The fraction of sp³-hybridized carbons (Fsp3) is 0. The van der Waals surface area contributed by atoms with Gasteiger partial charge in [-0.05, 0) is 12.1 Å². The molecule has 0 amide bonds. The molecule has 0 aliphatic carbocycles. The van der Waals surface area contributed by atoms with Crippen LogP contribution in [0.5, 0.6) is 5.75 Å². The van der Waals surface area contributed by atoms with Gasteiger partial charge in [0, 0.05) is 5.56 Å². The molecule has 1 aromatic heterocycles. The molecule has 0 bridgehead atoms. The highest BCUT2D eigenvalue weighted by atomic mass is 16.3. The molecule has 0 fully saturated rings. The zero-order valence-electron chi connectivity index (χ0n) is 7.14. The summed E-state index contributed by atoms with van der Waals surface area (Å²) in [6, 6.07) is 6.48. The predicted molar refractivity (Wildman–Crippen MR) is 49.8 cm³/mol. The van der Waals surface area contributed by atoms with Gasteiger partial charge in [0.15, 0.2) is 0 Å². The Balaban J connectivity index is 2.55. The van der Waals surface area contributed by atoms with Crippen molar-refractivity contribution in [2.45, 2.75) is 0 Å². The normalized spacial score (nSPS) is 10.0. The van der Waals surface area contributed by atoms with E-state index in [1.165, 1.54) is 12.3 Å². The number of aromatic amines is 1. The van der Waals surface area contributed by atoms with Gasteiger partial charge in [-0.2, -0.15) is 10.1 Å². The quantitative estimate of drug-likeness (QED) is 0.686. The lowest BCUT2D eigenvalue weighted by Crippen LogP contribution is -2.11. The van der Waals surface area contributed by atoms with Gasteiger partial charge in [0.2, 0.25) is 0 Å². The van der Waals surface area contributed by atoms with Gasteiger partial charge in [0.1, 0.15) is 5.75 Å². The van der Waals surface area contributed by atoms with Crippen LogP contribution in [0.25, 0.3) is 11.3 Å². The summed E-state index contributed by atoms with van der Waals surface area (Å²) in [5.41, 5.74) is 0.582. The number of nitrogens with zero attached hydrogens (tertiary/aromatic N) is 2. The molecule has 5 heteroatoms. The van der Waals surface area contributed by atoms with Gasteiger partial charge >= 0.3 is 5.69 Å². The Labute approximate surface area is 79.1 Å². The number of aromatic hydroxyl groups is 1. The standard InChI is InChI=1S/C9H7N3O2/c13-7-3-1-2-6(4-7)8-5-10-12-9(14)11-8/h1-5,13H,(H,11,12,14). The number of H-pyrrole nitrogens is 1. The van der Waals surface area contributed by atoms with Gasteiger partial charge < -0.3 is 5.11 Å². The molecule has 0 saturated heterocycles. The fourth-order valence-electron chi connectivity index (χ4n) is 1.12. The minimum absolute atomic E-state index is 0.129. The van der Waals surface area contributed by atoms with Crippen molar-refractivity contribution in [3.63, 3.8) is 0 Å². The molecule has 1 heterocycles. The highest BCUT2D eigenvalue weighted by Gasteiger charge is 2.00. The first kappa shape index (κ1) is 8.43. The predicted octanol–water partition coefficient (Wildman–Crippen LogP) is 0.537. The van der Waals surface area contributed by atoms with Gasteiger partial charge in [0.25, 0.3) is 0 Å². The molecule has 2 aromatic rings. The van der Waals surface area contributed by atoms with Crippen molar-refractivity contribution in [1.29, 1.82) is 0 Å². The SMILES string of the molecule is O=c1nc(-c2cccc(O)c2)cn[nH]1. The summed E-state index contributed by atoms with van der Waals surface area (Å²) in [7, 11) is 0. The molecule has 0 aliphatic rings. The molecule has 0 radical (unpaired) electrons. The minimum Gasteiger partial charge on any atom is -0.508 e. The molecule has 2 N–H and O–H groups in total. The Kier molecular flexibility index (Phi) is 1.98. The molecule has 5 nitrogen and oxygen atoms in total. The summed E-state index contributed by atoms with van der Waals surface area (Å²) >= 11 is 0.